The molecule has 0 bridgehead atoms. The zero-order valence-corrected chi connectivity index (χ0v) is 8.34. The number of H-pyrrole nitrogens is 1. The number of aromatic amines is 1. The second-order valence-corrected chi connectivity index (χ2v) is 3.88. The minimum atomic E-state index is 0.0266. The standard InChI is InChI=1S/C12H12N2O/c15-12-11-9(5-3-7-13-12)8-4-1-2-6-10(8)14-11/h1-2,4,6,14H,3,5,7H2,(H,13,15). The number of fused-ring (bicyclic) bond motifs is 3. The fourth-order valence-corrected chi connectivity index (χ4v) is 2.21. The second kappa shape index (κ2) is 3.12. The van der Waals surface area contributed by atoms with Gasteiger partial charge in [0.05, 0.1) is 0 Å². The summed E-state index contributed by atoms with van der Waals surface area (Å²) in [5, 5.41) is 4.08. The molecule has 0 atom stereocenters. The highest BCUT2D eigenvalue weighted by molar-refractivity contribution is 6.01. The first-order valence-electron chi connectivity index (χ1n) is 5.24. The van der Waals surface area contributed by atoms with Crippen molar-refractivity contribution in [3.63, 3.8) is 0 Å². The smallest absolute Gasteiger partial charge is 0.268 e. The molecule has 2 N–H and O–H groups in total. The number of rotatable bonds is 0. The Morgan fingerprint density at radius 2 is 2.07 bits per heavy atom. The predicted molar refractivity (Wildman–Crippen MR) is 59.0 cm³/mol. The molecule has 1 amide bonds. The van der Waals surface area contributed by atoms with Gasteiger partial charge in [0, 0.05) is 17.4 Å². The van der Waals surface area contributed by atoms with Gasteiger partial charge >= 0.3 is 0 Å². The summed E-state index contributed by atoms with van der Waals surface area (Å²) >= 11 is 0. The van der Waals surface area contributed by atoms with E-state index in [1.54, 1.807) is 0 Å². The molecule has 0 spiro atoms. The minimum absolute atomic E-state index is 0.0266. The van der Waals surface area contributed by atoms with Crippen LogP contribution in [-0.4, -0.2) is 17.4 Å². The molecule has 0 saturated carbocycles. The molecule has 3 heteroatoms. The summed E-state index contributed by atoms with van der Waals surface area (Å²) < 4.78 is 0. The fourth-order valence-electron chi connectivity index (χ4n) is 2.21. The number of aromatic nitrogens is 1. The van der Waals surface area contributed by atoms with Crippen LogP contribution in [0.3, 0.4) is 0 Å². The lowest BCUT2D eigenvalue weighted by Gasteiger charge is -1.96. The highest BCUT2D eigenvalue weighted by Crippen LogP contribution is 2.24. The van der Waals surface area contributed by atoms with E-state index < -0.39 is 0 Å². The van der Waals surface area contributed by atoms with Gasteiger partial charge in [-0.3, -0.25) is 4.79 Å². The van der Waals surface area contributed by atoms with E-state index in [2.05, 4.69) is 16.4 Å². The molecule has 1 aromatic heterocycles. The largest absolute Gasteiger partial charge is 0.351 e. The lowest BCUT2D eigenvalue weighted by Crippen LogP contribution is -2.22. The zero-order chi connectivity index (χ0) is 10.3. The van der Waals surface area contributed by atoms with Crippen LogP contribution in [0.5, 0.6) is 0 Å². The van der Waals surface area contributed by atoms with Gasteiger partial charge < -0.3 is 10.3 Å². The topological polar surface area (TPSA) is 44.9 Å². The van der Waals surface area contributed by atoms with Crippen molar-refractivity contribution in [3.8, 4) is 0 Å². The van der Waals surface area contributed by atoms with Crippen molar-refractivity contribution < 1.29 is 4.79 Å². The van der Waals surface area contributed by atoms with Crippen LogP contribution in [0.2, 0.25) is 0 Å². The maximum atomic E-state index is 11.7. The number of aryl methyl sites for hydroxylation is 1. The van der Waals surface area contributed by atoms with Crippen molar-refractivity contribution in [3.05, 3.63) is 35.5 Å². The molecule has 1 aliphatic heterocycles. The molecule has 0 aliphatic carbocycles. The van der Waals surface area contributed by atoms with Crippen LogP contribution in [0.1, 0.15) is 22.5 Å². The van der Waals surface area contributed by atoms with Crippen LogP contribution in [0.4, 0.5) is 0 Å². The van der Waals surface area contributed by atoms with E-state index in [-0.39, 0.29) is 5.91 Å². The molecule has 0 radical (unpaired) electrons. The van der Waals surface area contributed by atoms with E-state index in [4.69, 9.17) is 0 Å². The van der Waals surface area contributed by atoms with Gasteiger partial charge in [-0.15, -0.1) is 0 Å². The maximum Gasteiger partial charge on any atom is 0.268 e. The normalized spacial score (nSPS) is 15.9. The Morgan fingerprint density at radius 1 is 1.20 bits per heavy atom. The summed E-state index contributed by atoms with van der Waals surface area (Å²) in [5.41, 5.74) is 2.97. The van der Waals surface area contributed by atoms with Crippen LogP contribution < -0.4 is 5.32 Å². The average molecular weight is 200 g/mol. The number of hydrogen-bond acceptors (Lipinski definition) is 1. The van der Waals surface area contributed by atoms with E-state index in [0.717, 1.165) is 30.6 Å². The third kappa shape index (κ3) is 1.23. The minimum Gasteiger partial charge on any atom is -0.351 e. The fraction of sp³-hybridized carbons (Fsp3) is 0.250. The van der Waals surface area contributed by atoms with Crippen molar-refractivity contribution in [2.75, 3.05) is 6.54 Å². The second-order valence-electron chi connectivity index (χ2n) is 3.88. The lowest BCUT2D eigenvalue weighted by molar-refractivity contribution is 0.0952. The molecule has 3 nitrogen and oxygen atoms in total. The first-order chi connectivity index (χ1) is 7.36. The van der Waals surface area contributed by atoms with Crippen LogP contribution in [-0.2, 0) is 6.42 Å². The van der Waals surface area contributed by atoms with Gasteiger partial charge in [-0.25, -0.2) is 0 Å². The van der Waals surface area contributed by atoms with Crippen LogP contribution in [0, 0.1) is 0 Å². The number of carbonyl (C=O) groups excluding carboxylic acids is 1. The van der Waals surface area contributed by atoms with Crippen molar-refractivity contribution in [1.29, 1.82) is 0 Å². The first-order valence-corrected chi connectivity index (χ1v) is 5.24. The van der Waals surface area contributed by atoms with Gasteiger partial charge in [0.25, 0.3) is 5.91 Å². The molecule has 0 unspecified atom stereocenters. The zero-order valence-electron chi connectivity index (χ0n) is 8.34. The Balaban J connectivity index is 2.30. The number of nitrogens with one attached hydrogen (secondary N) is 2. The van der Waals surface area contributed by atoms with E-state index >= 15 is 0 Å². The van der Waals surface area contributed by atoms with Gasteiger partial charge in [-0.2, -0.15) is 0 Å². The highest BCUT2D eigenvalue weighted by Gasteiger charge is 2.19. The summed E-state index contributed by atoms with van der Waals surface area (Å²) in [5.74, 6) is 0.0266. The molecular formula is C12H12N2O. The molecule has 3 rings (SSSR count). The molecule has 2 heterocycles. The van der Waals surface area contributed by atoms with E-state index in [1.807, 2.05) is 18.2 Å². The predicted octanol–water partition coefficient (Wildman–Crippen LogP) is 1.84. The molecule has 2 aromatic rings. The third-order valence-corrected chi connectivity index (χ3v) is 2.93. The Kier molecular flexibility index (Phi) is 1.78. The third-order valence-electron chi connectivity index (χ3n) is 2.93. The van der Waals surface area contributed by atoms with Gasteiger partial charge in [0.2, 0.25) is 0 Å². The molecule has 0 fully saturated rings. The van der Waals surface area contributed by atoms with Crippen LogP contribution in [0.15, 0.2) is 24.3 Å². The monoisotopic (exact) mass is 200 g/mol. The van der Waals surface area contributed by atoms with E-state index in [0.29, 0.717) is 0 Å². The van der Waals surface area contributed by atoms with Crippen molar-refractivity contribution >= 4 is 16.8 Å². The van der Waals surface area contributed by atoms with Gasteiger partial charge in [0.1, 0.15) is 5.69 Å². The Bertz CT molecular complexity index is 527. The number of hydrogen-bond donors (Lipinski definition) is 2. The summed E-state index contributed by atoms with van der Waals surface area (Å²) in [4.78, 5) is 14.9. The molecular weight excluding hydrogens is 188 g/mol. The molecule has 15 heavy (non-hydrogen) atoms. The van der Waals surface area contributed by atoms with Gasteiger partial charge in [-0.1, -0.05) is 18.2 Å². The Labute approximate surface area is 87.5 Å². The Morgan fingerprint density at radius 3 is 3.00 bits per heavy atom. The van der Waals surface area contributed by atoms with E-state index in [1.165, 1.54) is 10.9 Å². The lowest BCUT2D eigenvalue weighted by atomic mass is 10.1. The molecule has 1 aromatic carbocycles. The summed E-state index contributed by atoms with van der Waals surface area (Å²) in [6, 6.07) is 8.08. The van der Waals surface area contributed by atoms with Crippen molar-refractivity contribution in [2.45, 2.75) is 12.8 Å². The van der Waals surface area contributed by atoms with Crippen LogP contribution in [0.25, 0.3) is 10.9 Å². The van der Waals surface area contributed by atoms with Gasteiger partial charge in [-0.05, 0) is 24.5 Å². The average Bonchev–Trinajstić information content (AvgIpc) is 2.54. The van der Waals surface area contributed by atoms with Crippen molar-refractivity contribution in [2.24, 2.45) is 0 Å². The SMILES string of the molecule is O=C1NCCCc2c1[nH]c1ccccc21. The van der Waals surface area contributed by atoms with Crippen LogP contribution >= 0.6 is 0 Å². The number of para-hydroxylation sites is 1. The number of amides is 1. The quantitative estimate of drug-likeness (QED) is 0.669. The molecule has 0 saturated heterocycles. The summed E-state index contributed by atoms with van der Waals surface area (Å²) in [6.45, 7) is 0.773. The maximum absolute atomic E-state index is 11.7. The molecule has 1 aliphatic rings. The molecule has 76 valence electrons. The highest BCUT2D eigenvalue weighted by atomic mass is 16.1. The Hall–Kier alpha value is -1.77. The number of carbonyl (C=O) groups is 1. The van der Waals surface area contributed by atoms with Gasteiger partial charge in [0.15, 0.2) is 0 Å². The first kappa shape index (κ1) is 8.53. The van der Waals surface area contributed by atoms with Crippen molar-refractivity contribution in [1.82, 2.24) is 10.3 Å². The summed E-state index contributed by atoms with van der Waals surface area (Å²) in [6.07, 6.45) is 1.98. The number of benzene rings is 1. The van der Waals surface area contributed by atoms with E-state index in [9.17, 15) is 4.79 Å². The summed E-state index contributed by atoms with van der Waals surface area (Å²) in [7, 11) is 0.